The fourth-order valence-electron chi connectivity index (χ4n) is 1.34. The van der Waals surface area contributed by atoms with Crippen LogP contribution < -0.4 is 4.74 Å². The van der Waals surface area contributed by atoms with Crippen LogP contribution in [-0.4, -0.2) is 16.7 Å². The highest BCUT2D eigenvalue weighted by atomic mass is 19.1. The van der Waals surface area contributed by atoms with Gasteiger partial charge in [-0.15, -0.1) is 0 Å². The zero-order valence-corrected chi connectivity index (χ0v) is 8.29. The molecule has 1 N–H and O–H groups in total. The normalized spacial score (nSPS) is 17.2. The molecule has 1 aliphatic rings. The van der Waals surface area contributed by atoms with Crippen molar-refractivity contribution in [3.8, 4) is 5.75 Å². The molecule has 1 aromatic rings. The highest BCUT2D eigenvalue weighted by Gasteiger charge is 2.53. The lowest BCUT2D eigenvalue weighted by Crippen LogP contribution is -2.28. The fourth-order valence-corrected chi connectivity index (χ4v) is 1.34. The van der Waals surface area contributed by atoms with Crippen molar-refractivity contribution in [2.45, 2.75) is 25.4 Å². The summed E-state index contributed by atoms with van der Waals surface area (Å²) >= 11 is 0. The molecule has 80 valence electrons. The second-order valence-corrected chi connectivity index (χ2v) is 3.81. The summed E-state index contributed by atoms with van der Waals surface area (Å²) in [6.07, 6.45) is 0.968. The van der Waals surface area contributed by atoms with E-state index in [1.807, 2.05) is 0 Å². The maximum Gasteiger partial charge on any atom is 0.348 e. The first-order valence-corrected chi connectivity index (χ1v) is 4.72. The molecule has 4 heteroatoms. The zero-order valence-electron chi connectivity index (χ0n) is 8.29. The Bertz CT molecular complexity index is 410. The summed E-state index contributed by atoms with van der Waals surface area (Å²) in [6, 6.07) is 4.38. The molecule has 0 aromatic heterocycles. The first-order chi connectivity index (χ1) is 7.03. The summed E-state index contributed by atoms with van der Waals surface area (Å²) < 4.78 is 18.4. The molecular weight excluding hydrogens is 199 g/mol. The Morgan fingerprint density at radius 3 is 2.67 bits per heavy atom. The number of ether oxygens (including phenoxy) is 1. The molecule has 0 saturated heterocycles. The Morgan fingerprint density at radius 2 is 2.20 bits per heavy atom. The lowest BCUT2D eigenvalue weighted by molar-refractivity contribution is -0.147. The number of carbonyl (C=O) groups is 1. The molecule has 0 atom stereocenters. The standard InChI is InChI=1S/C11H11FO3/c1-7-2-3-8(6-9(7)12)15-11(4-5-11)10(13)14/h2-3,6H,4-5H2,1H3,(H,13,14). The molecule has 0 aliphatic heterocycles. The number of carboxylic acid groups (broad SMARTS) is 1. The second kappa shape index (κ2) is 3.22. The molecule has 0 heterocycles. The highest BCUT2D eigenvalue weighted by molar-refractivity contribution is 5.81. The summed E-state index contributed by atoms with van der Waals surface area (Å²) in [5.41, 5.74) is -0.593. The van der Waals surface area contributed by atoms with Gasteiger partial charge in [-0.25, -0.2) is 9.18 Å². The third-order valence-corrected chi connectivity index (χ3v) is 2.55. The van der Waals surface area contributed by atoms with Crippen molar-refractivity contribution in [1.29, 1.82) is 0 Å². The predicted octanol–water partition coefficient (Wildman–Crippen LogP) is 2.13. The largest absolute Gasteiger partial charge is 0.478 e. The predicted molar refractivity (Wildman–Crippen MR) is 51.4 cm³/mol. The van der Waals surface area contributed by atoms with Crippen molar-refractivity contribution in [3.05, 3.63) is 29.6 Å². The Balaban J connectivity index is 2.18. The van der Waals surface area contributed by atoms with E-state index in [4.69, 9.17) is 9.84 Å². The molecule has 2 rings (SSSR count). The zero-order chi connectivity index (χ0) is 11.1. The van der Waals surface area contributed by atoms with E-state index < -0.39 is 11.6 Å². The lowest BCUT2D eigenvalue weighted by atomic mass is 10.2. The van der Waals surface area contributed by atoms with Crippen molar-refractivity contribution in [2.75, 3.05) is 0 Å². The van der Waals surface area contributed by atoms with Crippen LogP contribution in [0.3, 0.4) is 0 Å². The van der Waals surface area contributed by atoms with Gasteiger partial charge in [0.05, 0.1) is 0 Å². The number of aliphatic carboxylic acids is 1. The summed E-state index contributed by atoms with van der Waals surface area (Å²) in [7, 11) is 0. The van der Waals surface area contributed by atoms with Gasteiger partial charge >= 0.3 is 5.97 Å². The molecular formula is C11H11FO3. The van der Waals surface area contributed by atoms with Crippen molar-refractivity contribution < 1.29 is 19.0 Å². The minimum atomic E-state index is -1.11. The molecule has 1 aliphatic carbocycles. The molecule has 15 heavy (non-hydrogen) atoms. The average molecular weight is 210 g/mol. The van der Waals surface area contributed by atoms with Gasteiger partial charge in [-0.3, -0.25) is 0 Å². The van der Waals surface area contributed by atoms with Gasteiger partial charge < -0.3 is 9.84 Å². The molecule has 0 amide bonds. The third kappa shape index (κ3) is 1.79. The van der Waals surface area contributed by atoms with Gasteiger partial charge in [-0.05, 0) is 18.6 Å². The number of aryl methyl sites for hydroxylation is 1. The van der Waals surface area contributed by atoms with E-state index >= 15 is 0 Å². The smallest absolute Gasteiger partial charge is 0.348 e. The van der Waals surface area contributed by atoms with Gasteiger partial charge in [-0.2, -0.15) is 0 Å². The van der Waals surface area contributed by atoms with E-state index in [2.05, 4.69) is 0 Å². The number of rotatable bonds is 3. The number of hydrogen-bond donors (Lipinski definition) is 1. The number of carboxylic acids is 1. The van der Waals surface area contributed by atoms with Crippen molar-refractivity contribution in [1.82, 2.24) is 0 Å². The van der Waals surface area contributed by atoms with E-state index in [9.17, 15) is 9.18 Å². The van der Waals surface area contributed by atoms with Gasteiger partial charge in [0.2, 0.25) is 5.60 Å². The fraction of sp³-hybridized carbons (Fsp3) is 0.364. The van der Waals surface area contributed by atoms with Crippen molar-refractivity contribution in [3.63, 3.8) is 0 Å². The minimum Gasteiger partial charge on any atom is -0.478 e. The molecule has 0 unspecified atom stereocenters. The van der Waals surface area contributed by atoms with E-state index in [1.165, 1.54) is 6.07 Å². The molecule has 0 bridgehead atoms. The van der Waals surface area contributed by atoms with Gasteiger partial charge in [0.15, 0.2) is 0 Å². The maximum atomic E-state index is 13.1. The second-order valence-electron chi connectivity index (χ2n) is 3.81. The van der Waals surface area contributed by atoms with Crippen LogP contribution in [0.15, 0.2) is 18.2 Å². The maximum absolute atomic E-state index is 13.1. The molecule has 3 nitrogen and oxygen atoms in total. The number of hydrogen-bond acceptors (Lipinski definition) is 2. The summed E-state index contributed by atoms with van der Waals surface area (Å²) in [6.45, 7) is 1.64. The first kappa shape index (κ1) is 9.96. The van der Waals surface area contributed by atoms with Crippen LogP contribution in [0.25, 0.3) is 0 Å². The molecule has 0 spiro atoms. The summed E-state index contributed by atoms with van der Waals surface area (Å²) in [4.78, 5) is 10.8. The Hall–Kier alpha value is -1.58. The monoisotopic (exact) mass is 210 g/mol. The molecule has 1 fully saturated rings. The minimum absolute atomic E-state index is 0.276. The Labute approximate surface area is 86.5 Å². The van der Waals surface area contributed by atoms with Crippen LogP contribution in [-0.2, 0) is 4.79 Å². The van der Waals surface area contributed by atoms with Crippen LogP contribution in [0.4, 0.5) is 4.39 Å². The Morgan fingerprint density at radius 1 is 1.53 bits per heavy atom. The first-order valence-electron chi connectivity index (χ1n) is 4.72. The quantitative estimate of drug-likeness (QED) is 0.831. The van der Waals surface area contributed by atoms with Crippen LogP contribution in [0.2, 0.25) is 0 Å². The van der Waals surface area contributed by atoms with Gasteiger partial charge in [0.1, 0.15) is 11.6 Å². The van der Waals surface area contributed by atoms with Crippen LogP contribution in [0.5, 0.6) is 5.75 Å². The number of halogens is 1. The van der Waals surface area contributed by atoms with E-state index in [0.29, 0.717) is 18.4 Å². The summed E-state index contributed by atoms with van der Waals surface area (Å²) in [5.74, 6) is -1.09. The van der Waals surface area contributed by atoms with E-state index in [1.54, 1.807) is 19.1 Å². The van der Waals surface area contributed by atoms with Gasteiger partial charge in [0.25, 0.3) is 0 Å². The van der Waals surface area contributed by atoms with E-state index in [-0.39, 0.29) is 11.6 Å². The third-order valence-electron chi connectivity index (χ3n) is 2.55. The van der Waals surface area contributed by atoms with Crippen molar-refractivity contribution >= 4 is 5.97 Å². The average Bonchev–Trinajstić information content (AvgIpc) is 2.93. The number of benzene rings is 1. The lowest BCUT2D eigenvalue weighted by Gasteiger charge is -2.13. The highest BCUT2D eigenvalue weighted by Crippen LogP contribution is 2.40. The van der Waals surface area contributed by atoms with Gasteiger partial charge in [0, 0.05) is 18.9 Å². The van der Waals surface area contributed by atoms with Crippen LogP contribution in [0, 0.1) is 12.7 Å². The molecule has 0 radical (unpaired) electrons. The van der Waals surface area contributed by atoms with Crippen LogP contribution >= 0.6 is 0 Å². The summed E-state index contributed by atoms with van der Waals surface area (Å²) in [5, 5.41) is 8.87. The van der Waals surface area contributed by atoms with E-state index in [0.717, 1.165) is 0 Å². The SMILES string of the molecule is Cc1ccc(OC2(C(=O)O)CC2)cc1F. The topological polar surface area (TPSA) is 46.5 Å². The molecule has 1 saturated carbocycles. The van der Waals surface area contributed by atoms with Crippen molar-refractivity contribution in [2.24, 2.45) is 0 Å². The van der Waals surface area contributed by atoms with Gasteiger partial charge in [-0.1, -0.05) is 6.07 Å². The Kier molecular flexibility index (Phi) is 2.14. The molecule has 1 aromatic carbocycles. The van der Waals surface area contributed by atoms with Crippen LogP contribution in [0.1, 0.15) is 18.4 Å².